The fraction of sp³-hybridized carbons (Fsp3) is 0.0417. The van der Waals surface area contributed by atoms with Crippen LogP contribution in [0.4, 0.5) is 11.4 Å². The van der Waals surface area contributed by atoms with E-state index in [1.165, 1.54) is 55.6 Å². The molecule has 1 N–H and O–H groups in total. The lowest BCUT2D eigenvalue weighted by molar-refractivity contribution is 0.0991. The molecule has 0 aliphatic carbocycles. The minimum Gasteiger partial charge on any atom is -0.439 e. The van der Waals surface area contributed by atoms with Crippen LogP contribution in [0.15, 0.2) is 116 Å². The van der Waals surface area contributed by atoms with Gasteiger partial charge in [0.15, 0.2) is 5.76 Å². The standard InChI is InChI=1S/C24H20N2O6S2/c1-26(19-8-4-2-5-9-19)34(30,31)21-14-12-18(13-15-21)25-24(27)22-16-17-23(32-22)33(28,29)20-10-6-3-7-11-20/h2-17H,1H3,(H,25,27). The van der Waals surface area contributed by atoms with Crippen LogP contribution in [0.2, 0.25) is 0 Å². The Morgan fingerprint density at radius 2 is 1.32 bits per heavy atom. The van der Waals surface area contributed by atoms with Crippen molar-refractivity contribution < 1.29 is 26.0 Å². The summed E-state index contributed by atoms with van der Waals surface area (Å²) in [6.45, 7) is 0. The Morgan fingerprint density at radius 1 is 0.735 bits per heavy atom. The molecule has 0 bridgehead atoms. The van der Waals surface area contributed by atoms with Gasteiger partial charge in [-0.3, -0.25) is 9.10 Å². The SMILES string of the molecule is CN(c1ccccc1)S(=O)(=O)c1ccc(NC(=O)c2ccc(S(=O)(=O)c3ccccc3)o2)cc1. The molecule has 1 heterocycles. The lowest BCUT2D eigenvalue weighted by atomic mass is 10.3. The zero-order chi connectivity index (χ0) is 24.3. The van der Waals surface area contributed by atoms with Crippen LogP contribution in [0.1, 0.15) is 10.6 Å². The Kier molecular flexibility index (Phi) is 6.27. The number of carbonyl (C=O) groups excluding carboxylic acids is 1. The highest BCUT2D eigenvalue weighted by Gasteiger charge is 2.24. The van der Waals surface area contributed by atoms with Crippen LogP contribution in [-0.2, 0) is 19.9 Å². The highest BCUT2D eigenvalue weighted by atomic mass is 32.2. The van der Waals surface area contributed by atoms with Crippen LogP contribution in [0.25, 0.3) is 0 Å². The molecule has 0 aliphatic heterocycles. The van der Waals surface area contributed by atoms with Gasteiger partial charge in [0, 0.05) is 12.7 Å². The lowest BCUT2D eigenvalue weighted by Crippen LogP contribution is -2.26. The van der Waals surface area contributed by atoms with Gasteiger partial charge in [0.05, 0.1) is 15.5 Å². The van der Waals surface area contributed by atoms with E-state index in [2.05, 4.69) is 5.32 Å². The summed E-state index contributed by atoms with van der Waals surface area (Å²) >= 11 is 0. The summed E-state index contributed by atoms with van der Waals surface area (Å²) in [5.41, 5.74) is 0.828. The molecule has 0 saturated heterocycles. The van der Waals surface area contributed by atoms with Crippen LogP contribution in [-0.4, -0.2) is 29.8 Å². The summed E-state index contributed by atoms with van der Waals surface area (Å²) in [6, 6.07) is 24.5. The quantitative estimate of drug-likeness (QED) is 0.410. The highest BCUT2D eigenvalue weighted by Crippen LogP contribution is 2.25. The van der Waals surface area contributed by atoms with Crippen molar-refractivity contribution in [2.75, 3.05) is 16.7 Å². The fourth-order valence-corrected chi connectivity index (χ4v) is 5.53. The minimum absolute atomic E-state index is 0.0473. The first kappa shape index (κ1) is 23.3. The molecule has 0 aliphatic rings. The molecule has 0 spiro atoms. The third-order valence-corrected chi connectivity index (χ3v) is 8.46. The van der Waals surface area contributed by atoms with Gasteiger partial charge in [-0.1, -0.05) is 36.4 Å². The number of benzene rings is 3. The molecule has 1 aromatic heterocycles. The Balaban J connectivity index is 1.49. The summed E-state index contributed by atoms with van der Waals surface area (Å²) < 4.78 is 57.5. The maximum Gasteiger partial charge on any atom is 0.291 e. The highest BCUT2D eigenvalue weighted by molar-refractivity contribution is 7.92. The topological polar surface area (TPSA) is 114 Å². The van der Waals surface area contributed by atoms with Gasteiger partial charge in [-0.05, 0) is 60.7 Å². The van der Waals surface area contributed by atoms with E-state index in [1.807, 2.05) is 0 Å². The number of hydrogen-bond acceptors (Lipinski definition) is 6. The Labute approximate surface area is 197 Å². The summed E-state index contributed by atoms with van der Waals surface area (Å²) in [4.78, 5) is 12.6. The zero-order valence-corrected chi connectivity index (χ0v) is 19.6. The second kappa shape index (κ2) is 9.16. The molecule has 3 aromatic carbocycles. The van der Waals surface area contributed by atoms with Gasteiger partial charge in [-0.25, -0.2) is 16.8 Å². The Morgan fingerprint density at radius 3 is 1.94 bits per heavy atom. The minimum atomic E-state index is -3.90. The van der Waals surface area contributed by atoms with Gasteiger partial charge < -0.3 is 9.73 Å². The molecule has 0 radical (unpaired) electrons. The van der Waals surface area contributed by atoms with Crippen LogP contribution in [0, 0.1) is 0 Å². The molecule has 4 aromatic rings. The van der Waals surface area contributed by atoms with E-state index < -0.39 is 25.8 Å². The molecule has 4 rings (SSSR count). The van der Waals surface area contributed by atoms with Gasteiger partial charge in [0.1, 0.15) is 0 Å². The number of hydrogen-bond donors (Lipinski definition) is 1. The van der Waals surface area contributed by atoms with E-state index in [4.69, 9.17) is 4.42 Å². The maximum atomic E-state index is 12.9. The van der Waals surface area contributed by atoms with Crippen molar-refractivity contribution in [3.8, 4) is 0 Å². The molecule has 10 heteroatoms. The van der Waals surface area contributed by atoms with E-state index in [1.54, 1.807) is 48.5 Å². The molecule has 0 saturated carbocycles. The average Bonchev–Trinajstić information content (AvgIpc) is 3.37. The Bertz CT molecular complexity index is 1510. The number of para-hydroxylation sites is 1. The molecular weight excluding hydrogens is 476 g/mol. The smallest absolute Gasteiger partial charge is 0.291 e. The predicted molar refractivity (Wildman–Crippen MR) is 127 cm³/mol. The maximum absolute atomic E-state index is 12.9. The number of nitrogens with zero attached hydrogens (tertiary/aromatic N) is 1. The molecule has 34 heavy (non-hydrogen) atoms. The average molecular weight is 497 g/mol. The van der Waals surface area contributed by atoms with Gasteiger partial charge >= 0.3 is 0 Å². The molecular formula is C24H20N2O6S2. The van der Waals surface area contributed by atoms with Gasteiger partial charge in [-0.15, -0.1) is 0 Å². The number of rotatable bonds is 7. The number of nitrogens with one attached hydrogen (secondary N) is 1. The van der Waals surface area contributed by atoms with E-state index in [9.17, 15) is 21.6 Å². The van der Waals surface area contributed by atoms with Gasteiger partial charge in [0.2, 0.25) is 14.9 Å². The van der Waals surface area contributed by atoms with E-state index in [0.717, 1.165) is 4.31 Å². The van der Waals surface area contributed by atoms with Crippen LogP contribution < -0.4 is 9.62 Å². The molecule has 1 amide bonds. The van der Waals surface area contributed by atoms with Crippen molar-refractivity contribution in [1.82, 2.24) is 0 Å². The van der Waals surface area contributed by atoms with Crippen LogP contribution in [0.3, 0.4) is 0 Å². The van der Waals surface area contributed by atoms with Gasteiger partial charge in [0.25, 0.3) is 15.9 Å². The lowest BCUT2D eigenvalue weighted by Gasteiger charge is -2.19. The molecule has 0 atom stereocenters. The number of carbonyl (C=O) groups is 1. The summed E-state index contributed by atoms with van der Waals surface area (Å²) in [5, 5.41) is 2.21. The molecule has 0 unspecified atom stereocenters. The normalized spacial score (nSPS) is 11.7. The van der Waals surface area contributed by atoms with Crippen molar-refractivity contribution in [1.29, 1.82) is 0 Å². The zero-order valence-electron chi connectivity index (χ0n) is 18.0. The van der Waals surface area contributed by atoms with Crippen molar-refractivity contribution >= 4 is 37.1 Å². The first-order chi connectivity index (χ1) is 16.2. The van der Waals surface area contributed by atoms with Crippen molar-refractivity contribution in [2.24, 2.45) is 0 Å². The predicted octanol–water partition coefficient (Wildman–Crippen LogP) is 4.19. The summed E-state index contributed by atoms with van der Waals surface area (Å²) in [5.74, 6) is -0.874. The molecule has 174 valence electrons. The third-order valence-electron chi connectivity index (χ3n) is 5.01. The first-order valence-corrected chi connectivity index (χ1v) is 13.0. The van der Waals surface area contributed by atoms with Crippen LogP contribution >= 0.6 is 0 Å². The number of sulfone groups is 1. The molecule has 8 nitrogen and oxygen atoms in total. The number of amides is 1. The summed E-state index contributed by atoms with van der Waals surface area (Å²) in [6.07, 6.45) is 0. The van der Waals surface area contributed by atoms with E-state index in [-0.39, 0.29) is 20.6 Å². The number of furan rings is 1. The largest absolute Gasteiger partial charge is 0.439 e. The van der Waals surface area contributed by atoms with Crippen LogP contribution in [0.5, 0.6) is 0 Å². The summed E-state index contributed by atoms with van der Waals surface area (Å²) in [7, 11) is -6.23. The number of anilines is 2. The fourth-order valence-electron chi connectivity index (χ4n) is 3.14. The third kappa shape index (κ3) is 4.59. The second-order valence-corrected chi connectivity index (χ2v) is 11.1. The monoisotopic (exact) mass is 496 g/mol. The number of sulfonamides is 1. The van der Waals surface area contributed by atoms with E-state index in [0.29, 0.717) is 11.4 Å². The Hall–Kier alpha value is -3.89. The molecule has 0 fully saturated rings. The second-order valence-electron chi connectivity index (χ2n) is 7.22. The van der Waals surface area contributed by atoms with Crippen molar-refractivity contribution in [3.63, 3.8) is 0 Å². The van der Waals surface area contributed by atoms with Crippen molar-refractivity contribution in [3.05, 3.63) is 103 Å². The van der Waals surface area contributed by atoms with E-state index >= 15 is 0 Å². The van der Waals surface area contributed by atoms with Crippen molar-refractivity contribution in [2.45, 2.75) is 14.9 Å². The first-order valence-electron chi connectivity index (χ1n) is 10.0. The van der Waals surface area contributed by atoms with Gasteiger partial charge in [-0.2, -0.15) is 0 Å².